The minimum absolute atomic E-state index is 0.0113. The predicted molar refractivity (Wildman–Crippen MR) is 84.0 cm³/mol. The molecule has 2 heterocycles. The molecular weight excluding hydrogens is 294 g/mol. The molecule has 1 aromatic rings. The molecule has 0 unspecified atom stereocenters. The first-order valence-corrected chi connectivity index (χ1v) is 7.82. The van der Waals surface area contributed by atoms with Gasteiger partial charge in [0.05, 0.1) is 4.92 Å². The maximum atomic E-state index is 11.0. The Labute approximate surface area is 127 Å². The quantitative estimate of drug-likeness (QED) is 0.360. The largest absolute Gasteiger partial charge is 0.352 e. The van der Waals surface area contributed by atoms with Crippen molar-refractivity contribution in [3.8, 4) is 0 Å². The Morgan fingerprint density at radius 2 is 2.15 bits per heavy atom. The molecule has 0 aliphatic carbocycles. The Kier molecular flexibility index (Phi) is 4.93. The van der Waals surface area contributed by atoms with E-state index in [1.54, 1.807) is 12.3 Å². The predicted octanol–water partition coefficient (Wildman–Crippen LogP) is 3.63. The summed E-state index contributed by atoms with van der Waals surface area (Å²) >= 11 is 6.70. The molecule has 0 spiro atoms. The Bertz CT molecular complexity index is 514. The van der Waals surface area contributed by atoms with Crippen molar-refractivity contribution < 1.29 is 4.92 Å². The molecule has 2 atom stereocenters. The van der Waals surface area contributed by atoms with E-state index in [0.717, 1.165) is 12.8 Å². The molecule has 0 aromatic carbocycles. The molecule has 1 aliphatic heterocycles. The van der Waals surface area contributed by atoms with E-state index in [9.17, 15) is 10.1 Å². The summed E-state index contributed by atoms with van der Waals surface area (Å²) in [7, 11) is 0. The van der Waals surface area contributed by atoms with Gasteiger partial charge < -0.3 is 4.90 Å². The zero-order chi connectivity index (χ0) is 14.7. The molecule has 1 saturated heterocycles. The van der Waals surface area contributed by atoms with Crippen molar-refractivity contribution in [2.24, 2.45) is 0 Å². The first kappa shape index (κ1) is 15.2. The minimum Gasteiger partial charge on any atom is -0.352 e. The summed E-state index contributed by atoms with van der Waals surface area (Å²) in [5, 5.41) is 11.4. The Balaban J connectivity index is 2.17. The molecule has 1 fully saturated rings. The number of piperidine rings is 1. The van der Waals surface area contributed by atoms with E-state index in [1.807, 2.05) is 0 Å². The molecule has 1 aliphatic rings. The van der Waals surface area contributed by atoms with Crippen LogP contribution in [0, 0.1) is 10.1 Å². The number of pyridine rings is 1. The molecule has 1 aromatic heterocycles. The first-order chi connectivity index (χ1) is 9.50. The number of hydrogen-bond donors (Lipinski definition) is 0. The van der Waals surface area contributed by atoms with Crippen molar-refractivity contribution in [3.63, 3.8) is 0 Å². The summed E-state index contributed by atoms with van der Waals surface area (Å²) in [6, 6.07) is 3.78. The third-order valence-electron chi connectivity index (χ3n) is 3.54. The van der Waals surface area contributed by atoms with Crippen LogP contribution in [0.5, 0.6) is 0 Å². The van der Waals surface area contributed by atoms with Gasteiger partial charge in [-0.1, -0.05) is 12.2 Å². The first-order valence-electron chi connectivity index (χ1n) is 6.60. The van der Waals surface area contributed by atoms with Crippen molar-refractivity contribution in [2.75, 3.05) is 0 Å². The summed E-state index contributed by atoms with van der Waals surface area (Å²) in [6.07, 6.45) is 4.97. The molecule has 0 bridgehead atoms. The number of nitrogens with zero attached hydrogens (tertiary/aromatic N) is 3. The van der Waals surface area contributed by atoms with Crippen LogP contribution in [0.25, 0.3) is 0 Å². The number of thioether (sulfide) groups is 1. The molecule has 0 amide bonds. The van der Waals surface area contributed by atoms with Crippen LogP contribution in [0.3, 0.4) is 0 Å². The van der Waals surface area contributed by atoms with Gasteiger partial charge in [-0.2, -0.15) is 0 Å². The van der Waals surface area contributed by atoms with Gasteiger partial charge in [-0.25, -0.2) is 4.98 Å². The molecule has 2 rings (SSSR count). The highest BCUT2D eigenvalue weighted by Crippen LogP contribution is 2.32. The third-order valence-corrected chi connectivity index (χ3v) is 4.89. The van der Waals surface area contributed by atoms with E-state index in [2.05, 4.69) is 23.7 Å². The Morgan fingerprint density at radius 1 is 1.50 bits per heavy atom. The van der Waals surface area contributed by atoms with Crippen molar-refractivity contribution in [1.29, 1.82) is 0 Å². The number of thiocarbonyl (C=S) groups is 1. The zero-order valence-corrected chi connectivity index (χ0v) is 13.1. The molecule has 108 valence electrons. The lowest BCUT2D eigenvalue weighted by molar-refractivity contribution is -0.388. The Hall–Kier alpha value is -1.21. The van der Waals surface area contributed by atoms with E-state index in [0.29, 0.717) is 21.4 Å². The van der Waals surface area contributed by atoms with Gasteiger partial charge in [0.2, 0.25) is 0 Å². The normalized spacial score (nSPS) is 22.6. The maximum absolute atomic E-state index is 11.0. The smallest absolute Gasteiger partial charge is 0.301 e. The minimum atomic E-state index is -0.416. The zero-order valence-electron chi connectivity index (χ0n) is 11.5. The topological polar surface area (TPSA) is 59.3 Å². The summed E-state index contributed by atoms with van der Waals surface area (Å²) in [5.74, 6) is 0. The van der Waals surface area contributed by atoms with Crippen LogP contribution >= 0.6 is 24.0 Å². The highest BCUT2D eigenvalue weighted by molar-refractivity contribution is 8.22. The average Bonchev–Trinajstić information content (AvgIpc) is 2.38. The number of rotatable bonds is 2. The van der Waals surface area contributed by atoms with E-state index < -0.39 is 4.92 Å². The maximum Gasteiger partial charge on any atom is 0.301 e. The van der Waals surface area contributed by atoms with Crippen LogP contribution in [-0.4, -0.2) is 31.2 Å². The van der Waals surface area contributed by atoms with Gasteiger partial charge in [-0.15, -0.1) is 0 Å². The third kappa shape index (κ3) is 3.27. The van der Waals surface area contributed by atoms with Gasteiger partial charge in [0.25, 0.3) is 0 Å². The number of nitro groups is 1. The lowest BCUT2D eigenvalue weighted by Crippen LogP contribution is -2.45. The second-order valence-corrected chi connectivity index (χ2v) is 6.61. The lowest BCUT2D eigenvalue weighted by atomic mass is 9.99. The van der Waals surface area contributed by atoms with Gasteiger partial charge in [0.15, 0.2) is 5.03 Å². The highest BCUT2D eigenvalue weighted by Gasteiger charge is 2.28. The molecule has 5 nitrogen and oxygen atoms in total. The van der Waals surface area contributed by atoms with Gasteiger partial charge in [0.1, 0.15) is 4.32 Å². The molecule has 7 heteroatoms. The van der Waals surface area contributed by atoms with Gasteiger partial charge in [0, 0.05) is 24.3 Å². The van der Waals surface area contributed by atoms with Crippen LogP contribution in [0.15, 0.2) is 23.4 Å². The second-order valence-electron chi connectivity index (χ2n) is 4.99. The second kappa shape index (κ2) is 6.49. The summed E-state index contributed by atoms with van der Waals surface area (Å²) < 4.78 is 0.673. The molecule has 0 saturated carbocycles. The van der Waals surface area contributed by atoms with Crippen LogP contribution < -0.4 is 0 Å². The molecule has 0 N–H and O–H groups in total. The fourth-order valence-corrected chi connectivity index (χ4v) is 4.10. The summed E-state index contributed by atoms with van der Waals surface area (Å²) in [5.41, 5.74) is 0.0113. The van der Waals surface area contributed by atoms with Gasteiger partial charge in [-0.3, -0.25) is 10.1 Å². The summed E-state index contributed by atoms with van der Waals surface area (Å²) in [4.78, 5) is 16.9. The molecule has 0 radical (unpaired) electrons. The van der Waals surface area contributed by atoms with E-state index >= 15 is 0 Å². The van der Waals surface area contributed by atoms with Crippen LogP contribution in [0.2, 0.25) is 0 Å². The summed E-state index contributed by atoms with van der Waals surface area (Å²) in [6.45, 7) is 4.30. The van der Waals surface area contributed by atoms with E-state index in [1.165, 1.54) is 24.2 Å². The van der Waals surface area contributed by atoms with E-state index in [4.69, 9.17) is 12.2 Å². The average molecular weight is 311 g/mol. The number of aromatic nitrogens is 1. The molecular formula is C13H17N3O2S2. The van der Waals surface area contributed by atoms with Crippen molar-refractivity contribution in [2.45, 2.75) is 50.2 Å². The fourth-order valence-electron chi connectivity index (χ4n) is 2.52. The number of likely N-dealkylation sites (tertiary alicyclic amines) is 1. The molecule has 20 heavy (non-hydrogen) atoms. The Morgan fingerprint density at radius 3 is 2.75 bits per heavy atom. The van der Waals surface area contributed by atoms with Crippen LogP contribution in [0.1, 0.15) is 33.1 Å². The van der Waals surface area contributed by atoms with Gasteiger partial charge in [-0.05, 0) is 50.9 Å². The monoisotopic (exact) mass is 311 g/mol. The fraction of sp³-hybridized carbons (Fsp3) is 0.538. The number of hydrogen-bond acceptors (Lipinski definition) is 5. The van der Waals surface area contributed by atoms with Crippen molar-refractivity contribution in [1.82, 2.24) is 9.88 Å². The van der Waals surface area contributed by atoms with Crippen molar-refractivity contribution >= 4 is 34.0 Å². The van der Waals surface area contributed by atoms with Crippen molar-refractivity contribution in [3.05, 3.63) is 28.4 Å². The standard InChI is InChI=1S/C13H17N3O2S2/c1-9-5-3-6-10(2)15(9)13(19)20-12-11(16(17)18)7-4-8-14-12/h4,7-10H,3,5-6H2,1-2H3/t9-,10-/m0/s1. The lowest BCUT2D eigenvalue weighted by Gasteiger charge is -2.40. The van der Waals surface area contributed by atoms with E-state index in [-0.39, 0.29) is 5.69 Å². The highest BCUT2D eigenvalue weighted by atomic mass is 32.2. The SMILES string of the molecule is C[C@H]1CCC[C@H](C)N1C(=S)Sc1ncccc1[N+](=O)[O-]. The van der Waals surface area contributed by atoms with Crippen LogP contribution in [-0.2, 0) is 0 Å². The van der Waals surface area contributed by atoms with Gasteiger partial charge >= 0.3 is 5.69 Å². The van der Waals surface area contributed by atoms with Crippen LogP contribution in [0.4, 0.5) is 5.69 Å².